The van der Waals surface area contributed by atoms with E-state index in [0.717, 1.165) is 18.4 Å². The van der Waals surface area contributed by atoms with Gasteiger partial charge in [0.05, 0.1) is 18.7 Å². The van der Waals surface area contributed by atoms with Crippen molar-refractivity contribution in [3.63, 3.8) is 0 Å². The Kier molecular flexibility index (Phi) is 5.56. The van der Waals surface area contributed by atoms with Crippen LogP contribution in [0.2, 0.25) is 0 Å². The fourth-order valence-electron chi connectivity index (χ4n) is 3.18. The van der Waals surface area contributed by atoms with E-state index in [4.69, 9.17) is 12.2 Å². The monoisotopic (exact) mass is 398 g/mol. The molecule has 0 aliphatic carbocycles. The minimum absolute atomic E-state index is 0.159. The van der Waals surface area contributed by atoms with Gasteiger partial charge in [-0.2, -0.15) is 0 Å². The third kappa shape index (κ3) is 3.66. The third-order valence-electron chi connectivity index (χ3n) is 4.57. The topological polar surface area (TPSA) is 58.6 Å². The van der Waals surface area contributed by atoms with Crippen molar-refractivity contribution in [1.29, 1.82) is 0 Å². The second-order valence-electron chi connectivity index (χ2n) is 6.43. The number of carbonyl (C=O) groups excluding carboxylic acids is 2. The molecule has 2 aromatic carbocycles. The maximum Gasteiger partial charge on any atom is 0.379 e. The van der Waals surface area contributed by atoms with E-state index >= 15 is 0 Å². The highest BCUT2D eigenvalue weighted by atomic mass is 32.1. The van der Waals surface area contributed by atoms with Crippen LogP contribution in [0, 0.1) is 12.7 Å². The number of nitrogens with one attached hydrogen (secondary N) is 1. The summed E-state index contributed by atoms with van der Waals surface area (Å²) < 4.78 is 18.4. The van der Waals surface area contributed by atoms with E-state index in [2.05, 4.69) is 10.1 Å². The van der Waals surface area contributed by atoms with Crippen molar-refractivity contribution in [3.8, 4) is 0 Å². The first-order valence-electron chi connectivity index (χ1n) is 8.59. The number of hydrogen-bond donors (Lipinski definition) is 1. The SMILES string of the molecule is COC(=O)C(=O)C1=C(C)N(c2ccc(C)cc2)C(=S)N[C@@H]1c1cccc(F)c1. The second-order valence-corrected chi connectivity index (χ2v) is 6.81. The van der Waals surface area contributed by atoms with Gasteiger partial charge in [0.2, 0.25) is 0 Å². The normalized spacial score (nSPS) is 16.6. The fourth-order valence-corrected chi connectivity index (χ4v) is 3.54. The molecule has 0 amide bonds. The van der Waals surface area contributed by atoms with Gasteiger partial charge < -0.3 is 10.1 Å². The van der Waals surface area contributed by atoms with Gasteiger partial charge in [-0.15, -0.1) is 0 Å². The number of aryl methyl sites for hydroxylation is 1. The van der Waals surface area contributed by atoms with Gasteiger partial charge in [-0.05, 0) is 55.9 Å². The number of halogens is 1. The lowest BCUT2D eigenvalue weighted by molar-refractivity contribution is -0.150. The van der Waals surface area contributed by atoms with Gasteiger partial charge in [-0.1, -0.05) is 29.8 Å². The Morgan fingerprint density at radius 2 is 1.82 bits per heavy atom. The van der Waals surface area contributed by atoms with E-state index < -0.39 is 23.6 Å². The molecule has 0 bridgehead atoms. The van der Waals surface area contributed by atoms with Crippen LogP contribution < -0.4 is 10.2 Å². The van der Waals surface area contributed by atoms with E-state index in [-0.39, 0.29) is 5.57 Å². The van der Waals surface area contributed by atoms with Gasteiger partial charge in [0.25, 0.3) is 5.78 Å². The Balaban J connectivity index is 2.17. The number of esters is 1. The Morgan fingerprint density at radius 3 is 2.43 bits per heavy atom. The third-order valence-corrected chi connectivity index (χ3v) is 4.87. The molecule has 1 heterocycles. The van der Waals surface area contributed by atoms with E-state index in [0.29, 0.717) is 16.4 Å². The Bertz CT molecular complexity index is 985. The van der Waals surface area contributed by atoms with Crippen LogP contribution >= 0.6 is 12.2 Å². The zero-order chi connectivity index (χ0) is 20.4. The van der Waals surface area contributed by atoms with Gasteiger partial charge in [-0.3, -0.25) is 9.69 Å². The molecule has 144 valence electrons. The molecule has 2 aromatic rings. The van der Waals surface area contributed by atoms with Crippen molar-refractivity contribution in [2.45, 2.75) is 19.9 Å². The van der Waals surface area contributed by atoms with Crippen molar-refractivity contribution in [3.05, 3.63) is 76.7 Å². The molecule has 1 atom stereocenters. The second kappa shape index (κ2) is 7.90. The Morgan fingerprint density at radius 1 is 1.14 bits per heavy atom. The molecule has 0 fully saturated rings. The molecular formula is C21H19FN2O3S. The molecule has 1 aliphatic heterocycles. The van der Waals surface area contributed by atoms with E-state index in [1.807, 2.05) is 31.2 Å². The number of anilines is 1. The summed E-state index contributed by atoms with van der Waals surface area (Å²) in [5, 5.41) is 3.41. The highest BCUT2D eigenvalue weighted by Crippen LogP contribution is 2.34. The average molecular weight is 398 g/mol. The van der Waals surface area contributed by atoms with Gasteiger partial charge in [0.15, 0.2) is 5.11 Å². The number of allylic oxidation sites excluding steroid dienone is 1. The van der Waals surface area contributed by atoms with Gasteiger partial charge in [-0.25, -0.2) is 9.18 Å². The molecule has 0 radical (unpaired) electrons. The number of rotatable bonds is 4. The number of Topliss-reactive ketones (excluding diaryl/α,β-unsaturated/α-hetero) is 1. The predicted molar refractivity (Wildman–Crippen MR) is 108 cm³/mol. The Hall–Kier alpha value is -3.06. The summed E-state index contributed by atoms with van der Waals surface area (Å²) in [4.78, 5) is 26.5. The molecule has 7 heteroatoms. The summed E-state index contributed by atoms with van der Waals surface area (Å²) in [5.74, 6) is -2.25. The minimum atomic E-state index is -0.991. The molecule has 0 unspecified atom stereocenters. The van der Waals surface area contributed by atoms with Crippen LogP contribution in [-0.2, 0) is 14.3 Å². The van der Waals surface area contributed by atoms with Crippen LogP contribution in [0.25, 0.3) is 0 Å². The summed E-state index contributed by atoms with van der Waals surface area (Å²) in [6.07, 6.45) is 0. The van der Waals surface area contributed by atoms with Gasteiger partial charge in [0, 0.05) is 11.4 Å². The maximum absolute atomic E-state index is 13.8. The van der Waals surface area contributed by atoms with Crippen LogP contribution in [0.3, 0.4) is 0 Å². The number of ketones is 1. The van der Waals surface area contributed by atoms with Crippen molar-refractivity contribution < 1.29 is 18.7 Å². The molecule has 1 aliphatic rings. The molecule has 0 aromatic heterocycles. The smallest absolute Gasteiger partial charge is 0.379 e. The molecule has 0 spiro atoms. The van der Waals surface area contributed by atoms with Crippen LogP contribution in [0.5, 0.6) is 0 Å². The highest BCUT2D eigenvalue weighted by Gasteiger charge is 2.37. The number of hydrogen-bond acceptors (Lipinski definition) is 4. The van der Waals surface area contributed by atoms with Crippen LogP contribution in [0.1, 0.15) is 24.1 Å². The lowest BCUT2D eigenvalue weighted by Crippen LogP contribution is -2.48. The van der Waals surface area contributed by atoms with Gasteiger partial charge in [0.1, 0.15) is 5.82 Å². The molecule has 1 N–H and O–H groups in total. The molecule has 0 saturated heterocycles. The predicted octanol–water partition coefficient (Wildman–Crippen LogP) is 3.59. The van der Waals surface area contributed by atoms with E-state index in [1.165, 1.54) is 18.2 Å². The molecular weight excluding hydrogens is 379 g/mol. The van der Waals surface area contributed by atoms with Crippen LogP contribution in [0.15, 0.2) is 59.8 Å². The summed E-state index contributed by atoms with van der Waals surface area (Å²) in [6.45, 7) is 3.67. The van der Waals surface area contributed by atoms with Crippen molar-refractivity contribution in [2.24, 2.45) is 0 Å². The summed E-state index contributed by atoms with van der Waals surface area (Å²) >= 11 is 5.52. The first-order valence-corrected chi connectivity index (χ1v) is 9.00. The van der Waals surface area contributed by atoms with Crippen LogP contribution in [0.4, 0.5) is 10.1 Å². The number of nitrogens with zero attached hydrogens (tertiary/aromatic N) is 1. The average Bonchev–Trinajstić information content (AvgIpc) is 2.68. The Labute approximate surface area is 167 Å². The number of ether oxygens (including phenoxy) is 1. The van der Waals surface area contributed by atoms with Crippen molar-refractivity contribution >= 4 is 34.8 Å². The van der Waals surface area contributed by atoms with Crippen molar-refractivity contribution in [2.75, 3.05) is 12.0 Å². The standard InChI is InChI=1S/C21H19FN2O3S/c1-12-7-9-16(10-8-12)24-13(2)17(19(25)20(26)27-3)18(23-21(24)28)14-5-4-6-15(22)11-14/h4-11,18H,1-3H3,(H,23,28)/t18-/m1/s1. The molecule has 28 heavy (non-hydrogen) atoms. The summed E-state index contributed by atoms with van der Waals surface area (Å²) in [5.41, 5.74) is 2.94. The molecule has 3 rings (SSSR count). The number of carbonyl (C=O) groups is 2. The minimum Gasteiger partial charge on any atom is -0.463 e. The molecule has 0 saturated carbocycles. The lowest BCUT2D eigenvalue weighted by Gasteiger charge is -2.37. The fraction of sp³-hybridized carbons (Fsp3) is 0.190. The number of thiocarbonyl (C=S) groups is 1. The first-order chi connectivity index (χ1) is 13.3. The van der Waals surface area contributed by atoms with E-state index in [9.17, 15) is 14.0 Å². The first kappa shape index (κ1) is 19.7. The highest BCUT2D eigenvalue weighted by molar-refractivity contribution is 7.80. The largest absolute Gasteiger partial charge is 0.463 e. The quantitative estimate of drug-likeness (QED) is 0.483. The summed E-state index contributed by atoms with van der Waals surface area (Å²) in [6, 6.07) is 12.6. The number of methoxy groups -OCH3 is 1. The van der Waals surface area contributed by atoms with Crippen molar-refractivity contribution in [1.82, 2.24) is 5.32 Å². The molecule has 5 nitrogen and oxygen atoms in total. The number of benzene rings is 2. The summed E-state index contributed by atoms with van der Waals surface area (Å²) in [7, 11) is 1.14. The van der Waals surface area contributed by atoms with E-state index in [1.54, 1.807) is 17.9 Å². The van der Waals surface area contributed by atoms with Gasteiger partial charge >= 0.3 is 5.97 Å². The zero-order valence-corrected chi connectivity index (χ0v) is 16.5. The lowest BCUT2D eigenvalue weighted by atomic mass is 9.91. The van der Waals surface area contributed by atoms with Crippen LogP contribution in [-0.4, -0.2) is 24.0 Å². The maximum atomic E-state index is 13.8. The zero-order valence-electron chi connectivity index (χ0n) is 15.7.